The van der Waals surface area contributed by atoms with Crippen LogP contribution in [-0.4, -0.2) is 50.0 Å². The first-order chi connectivity index (χ1) is 13.6. The monoisotopic (exact) mass is 383 g/mol. The summed E-state index contributed by atoms with van der Waals surface area (Å²) in [5.74, 6) is -0.0383. The number of benzene rings is 2. The molecule has 0 fully saturated rings. The van der Waals surface area contributed by atoms with Gasteiger partial charge in [0.05, 0.1) is 12.7 Å². The number of carbonyl (C=O) groups is 2. The Balaban J connectivity index is 1.98. The molecule has 2 amide bonds. The third-order valence-corrected chi connectivity index (χ3v) is 4.61. The summed E-state index contributed by atoms with van der Waals surface area (Å²) in [6.07, 6.45) is 0. The SMILES string of the molecule is CCN(CC)CCNC(=O)c1ccc(C(=O)NCc2ccccc2)cc1OC. The van der Waals surface area contributed by atoms with Crippen molar-refractivity contribution in [2.75, 3.05) is 33.3 Å². The zero-order chi connectivity index (χ0) is 20.4. The first-order valence-corrected chi connectivity index (χ1v) is 9.59. The second-order valence-corrected chi connectivity index (χ2v) is 6.37. The van der Waals surface area contributed by atoms with Crippen molar-refractivity contribution < 1.29 is 14.3 Å². The topological polar surface area (TPSA) is 70.7 Å². The molecule has 0 spiro atoms. The highest BCUT2D eigenvalue weighted by atomic mass is 16.5. The molecule has 0 unspecified atom stereocenters. The van der Waals surface area contributed by atoms with E-state index in [1.165, 1.54) is 7.11 Å². The number of ether oxygens (including phenoxy) is 1. The van der Waals surface area contributed by atoms with Crippen molar-refractivity contribution in [3.8, 4) is 5.75 Å². The van der Waals surface area contributed by atoms with Crippen LogP contribution in [0.15, 0.2) is 48.5 Å². The van der Waals surface area contributed by atoms with Crippen LogP contribution < -0.4 is 15.4 Å². The first kappa shape index (κ1) is 21.4. The molecule has 0 bridgehead atoms. The van der Waals surface area contributed by atoms with Crippen molar-refractivity contribution in [3.05, 3.63) is 65.2 Å². The van der Waals surface area contributed by atoms with Gasteiger partial charge in [0.25, 0.3) is 11.8 Å². The quantitative estimate of drug-likeness (QED) is 0.662. The Morgan fingerprint density at radius 2 is 1.68 bits per heavy atom. The lowest BCUT2D eigenvalue weighted by Crippen LogP contribution is -2.35. The molecule has 2 N–H and O–H groups in total. The molecule has 0 heterocycles. The second kappa shape index (κ2) is 11.1. The van der Waals surface area contributed by atoms with Crippen LogP contribution in [-0.2, 0) is 6.54 Å². The zero-order valence-corrected chi connectivity index (χ0v) is 16.8. The highest BCUT2D eigenvalue weighted by Crippen LogP contribution is 2.20. The summed E-state index contributed by atoms with van der Waals surface area (Å²) in [7, 11) is 1.49. The number of carbonyl (C=O) groups excluding carboxylic acids is 2. The van der Waals surface area contributed by atoms with E-state index < -0.39 is 0 Å². The van der Waals surface area contributed by atoms with Gasteiger partial charge in [-0.3, -0.25) is 9.59 Å². The molecule has 28 heavy (non-hydrogen) atoms. The lowest BCUT2D eigenvalue weighted by atomic mass is 10.1. The highest BCUT2D eigenvalue weighted by Gasteiger charge is 2.15. The molecular formula is C22H29N3O3. The molecule has 6 nitrogen and oxygen atoms in total. The standard InChI is InChI=1S/C22H29N3O3/c1-4-25(5-2)14-13-23-22(27)19-12-11-18(15-20(19)28-3)21(26)24-16-17-9-7-6-8-10-17/h6-12,15H,4-5,13-14,16H2,1-3H3,(H,23,27)(H,24,26). The molecule has 0 radical (unpaired) electrons. The molecule has 150 valence electrons. The van der Waals surface area contributed by atoms with Crippen LogP contribution in [0, 0.1) is 0 Å². The van der Waals surface area contributed by atoms with Crippen molar-refractivity contribution in [1.29, 1.82) is 0 Å². The van der Waals surface area contributed by atoms with Gasteiger partial charge < -0.3 is 20.3 Å². The van der Waals surface area contributed by atoms with Crippen LogP contribution in [0.2, 0.25) is 0 Å². The Morgan fingerprint density at radius 1 is 0.964 bits per heavy atom. The van der Waals surface area contributed by atoms with Crippen molar-refractivity contribution in [3.63, 3.8) is 0 Å². The Hall–Kier alpha value is -2.86. The van der Waals surface area contributed by atoms with Crippen LogP contribution in [0.3, 0.4) is 0 Å². The summed E-state index contributed by atoms with van der Waals surface area (Å²) in [6.45, 7) is 7.87. The number of methoxy groups -OCH3 is 1. The van der Waals surface area contributed by atoms with Crippen LogP contribution in [0.25, 0.3) is 0 Å². The number of likely N-dealkylation sites (N-methyl/N-ethyl adjacent to an activating group) is 1. The molecule has 0 aliphatic rings. The molecule has 2 aromatic carbocycles. The van der Waals surface area contributed by atoms with E-state index in [9.17, 15) is 9.59 Å². The Morgan fingerprint density at radius 3 is 2.32 bits per heavy atom. The summed E-state index contributed by atoms with van der Waals surface area (Å²) in [5.41, 5.74) is 1.89. The van der Waals surface area contributed by atoms with Crippen LogP contribution in [0.1, 0.15) is 40.1 Å². The van der Waals surface area contributed by atoms with Gasteiger partial charge in [-0.1, -0.05) is 44.2 Å². The third kappa shape index (κ3) is 6.09. The van der Waals surface area contributed by atoms with E-state index in [1.807, 2.05) is 30.3 Å². The second-order valence-electron chi connectivity index (χ2n) is 6.37. The fraction of sp³-hybridized carbons (Fsp3) is 0.364. The number of hydrogen-bond acceptors (Lipinski definition) is 4. The number of amides is 2. The van der Waals surface area contributed by atoms with Gasteiger partial charge in [-0.2, -0.15) is 0 Å². The smallest absolute Gasteiger partial charge is 0.255 e. The van der Waals surface area contributed by atoms with E-state index in [0.29, 0.717) is 30.0 Å². The molecule has 0 saturated heterocycles. The third-order valence-electron chi connectivity index (χ3n) is 4.61. The summed E-state index contributed by atoms with van der Waals surface area (Å²) in [6, 6.07) is 14.6. The average Bonchev–Trinajstić information content (AvgIpc) is 2.75. The van der Waals surface area contributed by atoms with Crippen molar-refractivity contribution in [2.45, 2.75) is 20.4 Å². The largest absolute Gasteiger partial charge is 0.496 e. The maximum absolute atomic E-state index is 12.5. The molecular weight excluding hydrogens is 354 g/mol. The van der Waals surface area contributed by atoms with E-state index >= 15 is 0 Å². The van der Waals surface area contributed by atoms with Gasteiger partial charge in [-0.25, -0.2) is 0 Å². The summed E-state index contributed by atoms with van der Waals surface area (Å²) < 4.78 is 5.34. The van der Waals surface area contributed by atoms with Crippen LogP contribution >= 0.6 is 0 Å². The highest BCUT2D eigenvalue weighted by molar-refractivity contribution is 6.00. The molecule has 6 heteroatoms. The number of nitrogens with one attached hydrogen (secondary N) is 2. The predicted molar refractivity (Wildman–Crippen MR) is 111 cm³/mol. The summed E-state index contributed by atoms with van der Waals surface area (Å²) >= 11 is 0. The van der Waals surface area contributed by atoms with Gasteiger partial charge in [0.1, 0.15) is 5.75 Å². The number of nitrogens with zero attached hydrogens (tertiary/aromatic N) is 1. The van der Waals surface area contributed by atoms with Crippen molar-refractivity contribution in [1.82, 2.24) is 15.5 Å². The predicted octanol–water partition coefficient (Wildman–Crippen LogP) is 2.70. The average molecular weight is 383 g/mol. The zero-order valence-electron chi connectivity index (χ0n) is 16.8. The maximum Gasteiger partial charge on any atom is 0.255 e. The van der Waals surface area contributed by atoms with E-state index in [1.54, 1.807) is 18.2 Å². The number of rotatable bonds is 10. The molecule has 0 aliphatic carbocycles. The van der Waals surface area contributed by atoms with Crippen molar-refractivity contribution in [2.24, 2.45) is 0 Å². The molecule has 0 aromatic heterocycles. The first-order valence-electron chi connectivity index (χ1n) is 9.59. The van der Waals surface area contributed by atoms with Gasteiger partial charge in [0, 0.05) is 25.2 Å². The lowest BCUT2D eigenvalue weighted by molar-refractivity contribution is 0.0935. The van der Waals surface area contributed by atoms with Crippen LogP contribution in [0.4, 0.5) is 0 Å². The number of hydrogen-bond donors (Lipinski definition) is 2. The minimum atomic E-state index is -0.212. The van der Waals surface area contributed by atoms with Gasteiger partial charge >= 0.3 is 0 Å². The van der Waals surface area contributed by atoms with E-state index in [0.717, 1.165) is 25.2 Å². The molecule has 2 aromatic rings. The van der Waals surface area contributed by atoms with E-state index in [4.69, 9.17) is 4.74 Å². The van der Waals surface area contributed by atoms with E-state index in [2.05, 4.69) is 29.4 Å². The van der Waals surface area contributed by atoms with Gasteiger partial charge in [0.2, 0.25) is 0 Å². The lowest BCUT2D eigenvalue weighted by Gasteiger charge is -2.18. The molecule has 0 atom stereocenters. The Labute approximate surface area is 166 Å². The Kier molecular flexibility index (Phi) is 8.49. The normalized spacial score (nSPS) is 10.6. The fourth-order valence-corrected chi connectivity index (χ4v) is 2.86. The minimum Gasteiger partial charge on any atom is -0.496 e. The summed E-state index contributed by atoms with van der Waals surface area (Å²) in [4.78, 5) is 27.1. The van der Waals surface area contributed by atoms with Crippen LogP contribution in [0.5, 0.6) is 5.75 Å². The van der Waals surface area contributed by atoms with Gasteiger partial charge in [0.15, 0.2) is 0 Å². The van der Waals surface area contributed by atoms with Gasteiger partial charge in [-0.05, 0) is 36.9 Å². The molecule has 0 saturated carbocycles. The minimum absolute atomic E-state index is 0.208. The van der Waals surface area contributed by atoms with E-state index in [-0.39, 0.29) is 11.8 Å². The molecule has 0 aliphatic heterocycles. The van der Waals surface area contributed by atoms with Gasteiger partial charge in [-0.15, -0.1) is 0 Å². The fourth-order valence-electron chi connectivity index (χ4n) is 2.86. The molecule has 2 rings (SSSR count). The van der Waals surface area contributed by atoms with Crippen molar-refractivity contribution >= 4 is 11.8 Å². The maximum atomic E-state index is 12.5. The Bertz CT molecular complexity index is 774. The summed E-state index contributed by atoms with van der Waals surface area (Å²) in [5, 5.41) is 5.78.